The Morgan fingerprint density at radius 3 is 2.27 bits per heavy atom. The maximum atomic E-state index is 5.85. The van der Waals surface area contributed by atoms with Gasteiger partial charge in [0.1, 0.15) is 0 Å². The fourth-order valence-electron chi connectivity index (χ4n) is 1.64. The van der Waals surface area contributed by atoms with Crippen molar-refractivity contribution in [3.8, 4) is 0 Å². The molecule has 0 amide bonds. The minimum atomic E-state index is 0.414. The summed E-state index contributed by atoms with van der Waals surface area (Å²) in [5, 5.41) is 0. The van der Waals surface area contributed by atoms with Gasteiger partial charge in [0.2, 0.25) is 0 Å². The van der Waals surface area contributed by atoms with Crippen molar-refractivity contribution in [2.24, 2.45) is 5.73 Å². The van der Waals surface area contributed by atoms with Gasteiger partial charge in [0.25, 0.3) is 0 Å². The first-order chi connectivity index (χ1) is 5.38. The zero-order valence-electron chi connectivity index (χ0n) is 6.53. The molecule has 1 aliphatic carbocycles. The second kappa shape index (κ2) is 2.67. The molecule has 1 aromatic rings. The van der Waals surface area contributed by atoms with Crippen molar-refractivity contribution in [2.75, 3.05) is 0 Å². The highest BCUT2D eigenvalue weighted by molar-refractivity contribution is 5.23. The van der Waals surface area contributed by atoms with Crippen LogP contribution in [0.15, 0.2) is 30.3 Å². The van der Waals surface area contributed by atoms with Gasteiger partial charge in [0.05, 0.1) is 0 Å². The number of benzene rings is 1. The zero-order chi connectivity index (χ0) is 7.68. The lowest BCUT2D eigenvalue weighted by atomic mass is 9.76. The van der Waals surface area contributed by atoms with Crippen molar-refractivity contribution in [3.05, 3.63) is 35.9 Å². The van der Waals surface area contributed by atoms with Crippen LogP contribution in [0.5, 0.6) is 0 Å². The van der Waals surface area contributed by atoms with Crippen molar-refractivity contribution in [1.29, 1.82) is 0 Å². The molecule has 0 heterocycles. The Balaban J connectivity index is 2.17. The molecule has 1 fully saturated rings. The first-order valence-electron chi connectivity index (χ1n) is 4.18. The monoisotopic (exact) mass is 147 g/mol. The van der Waals surface area contributed by atoms with Gasteiger partial charge >= 0.3 is 0 Å². The maximum Gasteiger partial charge on any atom is 0.0108 e. The lowest BCUT2D eigenvalue weighted by molar-refractivity contribution is 0.347. The molecule has 2 atom stereocenters. The molecule has 2 N–H and O–H groups in total. The van der Waals surface area contributed by atoms with E-state index < -0.39 is 0 Å². The fraction of sp³-hybridized carbons (Fsp3) is 0.400. The summed E-state index contributed by atoms with van der Waals surface area (Å²) in [6.45, 7) is 0. The molecule has 1 aliphatic rings. The van der Waals surface area contributed by atoms with Crippen LogP contribution in [0.1, 0.15) is 24.3 Å². The predicted octanol–water partition coefficient (Wildman–Crippen LogP) is 1.89. The lowest BCUT2D eigenvalue weighted by Crippen LogP contribution is -2.37. The van der Waals surface area contributed by atoms with Gasteiger partial charge in [-0.05, 0) is 24.3 Å². The molecule has 1 nitrogen and oxygen atoms in total. The summed E-state index contributed by atoms with van der Waals surface area (Å²) in [7, 11) is 0. The van der Waals surface area contributed by atoms with Crippen molar-refractivity contribution >= 4 is 0 Å². The molecule has 0 spiro atoms. The van der Waals surface area contributed by atoms with Crippen LogP contribution in [-0.2, 0) is 0 Å². The first kappa shape index (κ1) is 6.86. The van der Waals surface area contributed by atoms with Crippen LogP contribution < -0.4 is 5.73 Å². The lowest BCUT2D eigenvalue weighted by Gasteiger charge is -2.33. The van der Waals surface area contributed by atoms with E-state index >= 15 is 0 Å². The fourth-order valence-corrected chi connectivity index (χ4v) is 1.64. The van der Waals surface area contributed by atoms with Crippen LogP contribution in [-0.4, -0.2) is 6.04 Å². The van der Waals surface area contributed by atoms with Crippen molar-refractivity contribution in [2.45, 2.75) is 24.8 Å². The summed E-state index contributed by atoms with van der Waals surface area (Å²) in [6.07, 6.45) is 2.46. The molecule has 0 aromatic heterocycles. The molecule has 0 aliphatic heterocycles. The van der Waals surface area contributed by atoms with E-state index in [1.165, 1.54) is 18.4 Å². The Morgan fingerprint density at radius 1 is 1.09 bits per heavy atom. The molecule has 58 valence electrons. The van der Waals surface area contributed by atoms with Crippen LogP contribution in [0.4, 0.5) is 0 Å². The van der Waals surface area contributed by atoms with Crippen LogP contribution in [0.3, 0.4) is 0 Å². The van der Waals surface area contributed by atoms with Gasteiger partial charge in [-0.3, -0.25) is 0 Å². The average molecular weight is 147 g/mol. The summed E-state index contributed by atoms with van der Waals surface area (Å²) < 4.78 is 0. The Hall–Kier alpha value is -0.820. The maximum absolute atomic E-state index is 5.85. The molecule has 2 rings (SSSR count). The molecule has 0 unspecified atom stereocenters. The Labute approximate surface area is 67.2 Å². The second-order valence-corrected chi connectivity index (χ2v) is 3.26. The number of hydrogen-bond acceptors (Lipinski definition) is 1. The van der Waals surface area contributed by atoms with E-state index in [1.54, 1.807) is 0 Å². The predicted molar refractivity (Wildman–Crippen MR) is 46.4 cm³/mol. The molecule has 1 saturated carbocycles. The minimum Gasteiger partial charge on any atom is -0.327 e. The highest BCUT2D eigenvalue weighted by Gasteiger charge is 2.28. The molecule has 0 bridgehead atoms. The normalized spacial score (nSPS) is 29.5. The highest BCUT2D eigenvalue weighted by Crippen LogP contribution is 2.34. The van der Waals surface area contributed by atoms with E-state index in [-0.39, 0.29) is 0 Å². The topological polar surface area (TPSA) is 26.0 Å². The molecule has 0 saturated heterocycles. The minimum absolute atomic E-state index is 0.414. The average Bonchev–Trinajstić information content (AvgIpc) is 2.04. The third-order valence-corrected chi connectivity index (χ3v) is 2.56. The summed E-state index contributed by atoms with van der Waals surface area (Å²) in [5.41, 5.74) is 7.26. The summed E-state index contributed by atoms with van der Waals surface area (Å²) in [6, 6.07) is 11.0. The quantitative estimate of drug-likeness (QED) is 0.645. The van der Waals surface area contributed by atoms with E-state index in [0.29, 0.717) is 12.0 Å². The Morgan fingerprint density at radius 2 is 1.82 bits per heavy atom. The van der Waals surface area contributed by atoms with Gasteiger partial charge in [0.15, 0.2) is 0 Å². The standard InChI is InChI=1S/C10H13N/c11-10-7-6-9(10)8-4-2-1-3-5-8/h1-5,9-10H,6-7,11H2/t9-,10+/m1/s1. The first-order valence-corrected chi connectivity index (χ1v) is 4.18. The third kappa shape index (κ3) is 1.16. The van der Waals surface area contributed by atoms with Crippen LogP contribution in [0.25, 0.3) is 0 Å². The van der Waals surface area contributed by atoms with Crippen molar-refractivity contribution in [1.82, 2.24) is 0 Å². The van der Waals surface area contributed by atoms with Crippen LogP contribution in [0.2, 0.25) is 0 Å². The molecule has 1 aromatic carbocycles. The summed E-state index contributed by atoms with van der Waals surface area (Å²) in [4.78, 5) is 0. The summed E-state index contributed by atoms with van der Waals surface area (Å²) in [5.74, 6) is 0.635. The van der Waals surface area contributed by atoms with Crippen LogP contribution >= 0.6 is 0 Å². The third-order valence-electron chi connectivity index (χ3n) is 2.56. The number of nitrogens with two attached hydrogens (primary N) is 1. The molecular weight excluding hydrogens is 134 g/mol. The highest BCUT2D eigenvalue weighted by atomic mass is 14.7. The second-order valence-electron chi connectivity index (χ2n) is 3.26. The van der Waals surface area contributed by atoms with Gasteiger partial charge in [-0.1, -0.05) is 30.3 Å². The molecule has 1 heteroatoms. The van der Waals surface area contributed by atoms with Crippen molar-refractivity contribution < 1.29 is 0 Å². The number of hydrogen-bond donors (Lipinski definition) is 1. The van der Waals surface area contributed by atoms with E-state index in [1.807, 2.05) is 6.07 Å². The Bertz CT molecular complexity index is 230. The SMILES string of the molecule is N[C@H]1CC[C@@H]1c1ccccc1. The zero-order valence-corrected chi connectivity index (χ0v) is 6.53. The van der Waals surface area contributed by atoms with Gasteiger partial charge in [-0.2, -0.15) is 0 Å². The molecular formula is C10H13N. The van der Waals surface area contributed by atoms with Gasteiger partial charge < -0.3 is 5.73 Å². The van der Waals surface area contributed by atoms with E-state index in [4.69, 9.17) is 5.73 Å². The molecule has 0 radical (unpaired) electrons. The van der Waals surface area contributed by atoms with E-state index in [2.05, 4.69) is 24.3 Å². The van der Waals surface area contributed by atoms with Crippen LogP contribution in [0, 0.1) is 0 Å². The van der Waals surface area contributed by atoms with Gasteiger partial charge in [-0.15, -0.1) is 0 Å². The van der Waals surface area contributed by atoms with E-state index in [0.717, 1.165) is 0 Å². The summed E-state index contributed by atoms with van der Waals surface area (Å²) >= 11 is 0. The largest absolute Gasteiger partial charge is 0.327 e. The van der Waals surface area contributed by atoms with Gasteiger partial charge in [-0.25, -0.2) is 0 Å². The smallest absolute Gasteiger partial charge is 0.0108 e. The van der Waals surface area contributed by atoms with E-state index in [9.17, 15) is 0 Å². The van der Waals surface area contributed by atoms with Gasteiger partial charge in [0, 0.05) is 6.04 Å². The Kier molecular flexibility index (Phi) is 1.66. The van der Waals surface area contributed by atoms with Crippen molar-refractivity contribution in [3.63, 3.8) is 0 Å². The molecule has 11 heavy (non-hydrogen) atoms. The number of rotatable bonds is 1.